The van der Waals surface area contributed by atoms with Crippen LogP contribution in [0.15, 0.2) is 30.3 Å². The van der Waals surface area contributed by atoms with E-state index in [1.807, 2.05) is 0 Å². The summed E-state index contributed by atoms with van der Waals surface area (Å²) in [7, 11) is -3.52. The third-order valence-electron chi connectivity index (χ3n) is 2.37. The number of halogens is 3. The topological polar surface area (TPSA) is 77.8 Å². The fraction of sp³-hybridized carbons (Fsp3) is 0.400. The van der Waals surface area contributed by atoms with Gasteiger partial charge in [-0.2, -0.15) is 13.2 Å². The Bertz CT molecular complexity index is 527. The first kappa shape index (κ1) is 15.7. The molecule has 0 aliphatic heterocycles. The van der Waals surface area contributed by atoms with Crippen LogP contribution in [0.5, 0.6) is 0 Å². The zero-order chi connectivity index (χ0) is 14.9. The van der Waals surface area contributed by atoms with Crippen LogP contribution in [-0.4, -0.2) is 43.4 Å². The van der Waals surface area contributed by atoms with E-state index in [1.165, 1.54) is 24.3 Å². The molecule has 19 heavy (non-hydrogen) atoms. The summed E-state index contributed by atoms with van der Waals surface area (Å²) < 4.78 is 60.7. The standard InChI is InChI=1S/C10H12F3NO4S/c1-14(8-5-3-2-4-6-8)19(17,18)7-9(15,16)10(11,12)13/h2-6,15-16H,7H2,1H3. The molecular formula is C10H12F3NO4S. The highest BCUT2D eigenvalue weighted by atomic mass is 32.2. The van der Waals surface area contributed by atoms with Gasteiger partial charge in [-0.3, -0.25) is 4.31 Å². The van der Waals surface area contributed by atoms with E-state index in [2.05, 4.69) is 0 Å². The molecular weight excluding hydrogens is 287 g/mol. The molecule has 1 aromatic rings. The van der Waals surface area contributed by atoms with Crippen molar-refractivity contribution in [2.24, 2.45) is 0 Å². The molecule has 1 rings (SSSR count). The Hall–Kier alpha value is -1.32. The lowest BCUT2D eigenvalue weighted by Gasteiger charge is -2.27. The van der Waals surface area contributed by atoms with Crippen molar-refractivity contribution in [2.75, 3.05) is 17.1 Å². The van der Waals surface area contributed by atoms with Gasteiger partial charge in [0.15, 0.2) is 0 Å². The van der Waals surface area contributed by atoms with Gasteiger partial charge in [0.05, 0.1) is 5.69 Å². The Kier molecular flexibility index (Phi) is 4.13. The maximum Gasteiger partial charge on any atom is 0.444 e. The minimum atomic E-state index is -5.46. The summed E-state index contributed by atoms with van der Waals surface area (Å²) in [6.07, 6.45) is -5.46. The Morgan fingerprint density at radius 3 is 2.05 bits per heavy atom. The van der Waals surface area contributed by atoms with E-state index in [1.54, 1.807) is 6.07 Å². The van der Waals surface area contributed by atoms with E-state index in [9.17, 15) is 21.6 Å². The first-order valence-corrected chi connectivity index (χ1v) is 6.61. The van der Waals surface area contributed by atoms with Gasteiger partial charge in [-0.15, -0.1) is 0 Å². The molecule has 0 saturated heterocycles. The summed E-state index contributed by atoms with van der Waals surface area (Å²) in [6, 6.07) is 7.32. The molecule has 9 heteroatoms. The van der Waals surface area contributed by atoms with E-state index >= 15 is 0 Å². The van der Waals surface area contributed by atoms with E-state index in [0.717, 1.165) is 7.05 Å². The summed E-state index contributed by atoms with van der Waals surface area (Å²) >= 11 is 0. The summed E-state index contributed by atoms with van der Waals surface area (Å²) in [6.45, 7) is 0. The Balaban J connectivity index is 3.01. The van der Waals surface area contributed by atoms with Gasteiger partial charge in [0.25, 0.3) is 5.79 Å². The number of hydrogen-bond donors (Lipinski definition) is 2. The van der Waals surface area contributed by atoms with Gasteiger partial charge in [-0.05, 0) is 12.1 Å². The smallest absolute Gasteiger partial charge is 0.358 e. The van der Waals surface area contributed by atoms with Crippen molar-refractivity contribution in [1.29, 1.82) is 0 Å². The summed E-state index contributed by atoms with van der Waals surface area (Å²) in [5.74, 6) is -6.18. The van der Waals surface area contributed by atoms with E-state index in [0.29, 0.717) is 4.31 Å². The highest BCUT2D eigenvalue weighted by Crippen LogP contribution is 2.30. The van der Waals surface area contributed by atoms with Crippen LogP contribution in [0.3, 0.4) is 0 Å². The van der Waals surface area contributed by atoms with Crippen LogP contribution in [0, 0.1) is 0 Å². The number of benzene rings is 1. The summed E-state index contributed by atoms with van der Waals surface area (Å²) in [5, 5.41) is 17.6. The molecule has 0 aliphatic rings. The Morgan fingerprint density at radius 1 is 1.16 bits per heavy atom. The number of rotatable bonds is 4. The van der Waals surface area contributed by atoms with Crippen LogP contribution in [-0.2, 0) is 10.0 Å². The minimum Gasteiger partial charge on any atom is -0.358 e. The number of aliphatic hydroxyl groups is 2. The molecule has 1 aromatic carbocycles. The number of hydrogen-bond acceptors (Lipinski definition) is 4. The van der Waals surface area contributed by atoms with Crippen LogP contribution >= 0.6 is 0 Å². The van der Waals surface area contributed by atoms with Crippen LogP contribution in [0.2, 0.25) is 0 Å². The number of para-hydroxylation sites is 1. The molecule has 0 unspecified atom stereocenters. The van der Waals surface area contributed by atoms with Gasteiger partial charge in [0.2, 0.25) is 10.0 Å². The predicted octanol–water partition coefficient (Wildman–Crippen LogP) is 0.696. The van der Waals surface area contributed by atoms with E-state index in [4.69, 9.17) is 10.2 Å². The molecule has 0 bridgehead atoms. The molecule has 108 valence electrons. The summed E-state index contributed by atoms with van der Waals surface area (Å²) in [4.78, 5) is 0. The van der Waals surface area contributed by atoms with Gasteiger partial charge in [-0.1, -0.05) is 18.2 Å². The molecule has 0 fully saturated rings. The largest absolute Gasteiger partial charge is 0.444 e. The molecule has 0 atom stereocenters. The number of alkyl halides is 3. The third kappa shape index (κ3) is 3.58. The molecule has 0 spiro atoms. The first-order chi connectivity index (χ1) is 8.47. The second kappa shape index (κ2) is 4.99. The molecule has 0 aliphatic carbocycles. The summed E-state index contributed by atoms with van der Waals surface area (Å²) in [5.41, 5.74) is 0.112. The van der Waals surface area contributed by atoms with Gasteiger partial charge in [0, 0.05) is 7.05 Å². The van der Waals surface area contributed by atoms with Crippen LogP contribution < -0.4 is 4.31 Å². The zero-order valence-electron chi connectivity index (χ0n) is 9.79. The molecule has 0 radical (unpaired) electrons. The van der Waals surface area contributed by atoms with E-state index < -0.39 is 27.7 Å². The van der Waals surface area contributed by atoms with Crippen molar-refractivity contribution in [3.63, 3.8) is 0 Å². The second-order valence-corrected chi connectivity index (χ2v) is 5.87. The molecule has 0 heterocycles. The van der Waals surface area contributed by atoms with Crippen molar-refractivity contribution in [3.8, 4) is 0 Å². The average molecular weight is 299 g/mol. The quantitative estimate of drug-likeness (QED) is 0.802. The fourth-order valence-corrected chi connectivity index (χ4v) is 2.54. The van der Waals surface area contributed by atoms with Crippen molar-refractivity contribution >= 4 is 15.7 Å². The lowest BCUT2D eigenvalue weighted by atomic mass is 10.3. The second-order valence-electron chi connectivity index (χ2n) is 3.87. The minimum absolute atomic E-state index is 0.112. The highest BCUT2D eigenvalue weighted by Gasteiger charge is 2.56. The first-order valence-electron chi connectivity index (χ1n) is 5.00. The van der Waals surface area contributed by atoms with Crippen LogP contribution in [0.1, 0.15) is 0 Å². The molecule has 2 N–H and O–H groups in total. The number of anilines is 1. The number of nitrogens with zero attached hydrogens (tertiary/aromatic N) is 1. The van der Waals surface area contributed by atoms with Crippen molar-refractivity contribution in [3.05, 3.63) is 30.3 Å². The van der Waals surface area contributed by atoms with Crippen molar-refractivity contribution in [1.82, 2.24) is 0 Å². The Morgan fingerprint density at radius 2 is 1.63 bits per heavy atom. The lowest BCUT2D eigenvalue weighted by Crippen LogP contribution is -2.52. The maximum atomic E-state index is 12.2. The van der Waals surface area contributed by atoms with Gasteiger partial charge in [0.1, 0.15) is 5.75 Å². The Labute approximate surface area is 107 Å². The normalized spacial score (nSPS) is 13.4. The average Bonchev–Trinajstić information content (AvgIpc) is 2.26. The monoisotopic (exact) mass is 299 g/mol. The van der Waals surface area contributed by atoms with Gasteiger partial charge < -0.3 is 10.2 Å². The molecule has 0 aromatic heterocycles. The SMILES string of the molecule is CN(c1ccccc1)S(=O)(=O)CC(O)(O)C(F)(F)F. The van der Waals surface area contributed by atoms with Crippen molar-refractivity contribution < 1.29 is 31.8 Å². The lowest BCUT2D eigenvalue weighted by molar-refractivity contribution is -0.337. The molecule has 0 saturated carbocycles. The fourth-order valence-electron chi connectivity index (χ4n) is 1.23. The van der Waals surface area contributed by atoms with Crippen LogP contribution in [0.25, 0.3) is 0 Å². The predicted molar refractivity (Wildman–Crippen MR) is 61.9 cm³/mol. The third-order valence-corrected chi connectivity index (χ3v) is 4.19. The van der Waals surface area contributed by atoms with Gasteiger partial charge >= 0.3 is 6.18 Å². The zero-order valence-corrected chi connectivity index (χ0v) is 10.6. The molecule has 5 nitrogen and oxygen atoms in total. The highest BCUT2D eigenvalue weighted by molar-refractivity contribution is 7.92. The van der Waals surface area contributed by atoms with Crippen LogP contribution in [0.4, 0.5) is 18.9 Å². The van der Waals surface area contributed by atoms with Crippen molar-refractivity contribution in [2.45, 2.75) is 12.0 Å². The van der Waals surface area contributed by atoms with E-state index in [-0.39, 0.29) is 5.69 Å². The van der Waals surface area contributed by atoms with Gasteiger partial charge in [-0.25, -0.2) is 8.42 Å². The number of sulfonamides is 1. The maximum absolute atomic E-state index is 12.2. The molecule has 0 amide bonds.